The Morgan fingerprint density at radius 1 is 0.757 bits per heavy atom. The highest BCUT2D eigenvalue weighted by Gasteiger charge is 2.43. The Balaban J connectivity index is 3.89. The summed E-state index contributed by atoms with van der Waals surface area (Å²) in [6.07, 6.45) is 16.0. The van der Waals surface area contributed by atoms with Crippen molar-refractivity contribution in [2.75, 3.05) is 19.8 Å². The average molecular weight is 535 g/mol. The van der Waals surface area contributed by atoms with Gasteiger partial charge in [-0.1, -0.05) is 103 Å². The minimum absolute atomic E-state index is 0.00739. The zero-order chi connectivity index (χ0) is 27.8. The van der Waals surface area contributed by atoms with Crippen molar-refractivity contribution in [2.24, 2.45) is 0 Å². The van der Waals surface area contributed by atoms with Crippen LogP contribution in [0.4, 0.5) is 0 Å². The first-order valence-corrected chi connectivity index (χ1v) is 14.0. The molecule has 0 aromatic carbocycles. The summed E-state index contributed by atoms with van der Waals surface area (Å²) in [7, 11) is 0. The molecule has 0 aliphatic heterocycles. The van der Waals surface area contributed by atoms with Crippen LogP contribution >= 0.6 is 0 Å². The minimum atomic E-state index is -2.60. The van der Waals surface area contributed by atoms with Crippen molar-refractivity contribution < 1.29 is 49.3 Å². The van der Waals surface area contributed by atoms with Gasteiger partial charge in [0.2, 0.25) is 0 Å². The molecule has 4 N–H and O–H groups in total. The number of ether oxygens (including phenoxy) is 1. The normalized spacial score (nSPS) is 13.6. The van der Waals surface area contributed by atoms with Crippen molar-refractivity contribution in [3.05, 3.63) is 0 Å². The Morgan fingerprint density at radius 2 is 1.22 bits per heavy atom. The predicted molar refractivity (Wildman–Crippen MR) is 137 cm³/mol. The van der Waals surface area contributed by atoms with E-state index in [0.29, 0.717) is 6.42 Å². The molecule has 2 unspecified atom stereocenters. The first kappa shape index (κ1) is 35.2. The van der Waals surface area contributed by atoms with Gasteiger partial charge in [0.05, 0.1) is 26.1 Å². The molecule has 0 spiro atoms. The number of carboxylic acid groups (broad SMARTS) is 1. The molecule has 0 radical (unpaired) electrons. The average Bonchev–Trinajstić information content (AvgIpc) is 2.85. The number of carbonyl (C=O) groups is 3. The van der Waals surface area contributed by atoms with Crippen molar-refractivity contribution in [3.8, 4) is 0 Å². The van der Waals surface area contributed by atoms with Crippen LogP contribution in [0.15, 0.2) is 0 Å². The Hall–Kier alpha value is -1.75. The number of aliphatic carboxylic acids is 1. The molecule has 0 rings (SSSR count). The maximum Gasteiger partial charge on any atom is 0.345 e. The van der Waals surface area contributed by atoms with Gasteiger partial charge in [-0.3, -0.25) is 9.68 Å². The zero-order valence-corrected chi connectivity index (χ0v) is 22.7. The summed E-state index contributed by atoms with van der Waals surface area (Å²) in [6, 6.07) is 0. The molecule has 0 aliphatic carbocycles. The maximum absolute atomic E-state index is 12.3. The van der Waals surface area contributed by atoms with Gasteiger partial charge in [0, 0.05) is 0 Å². The van der Waals surface area contributed by atoms with E-state index < -0.39 is 55.7 Å². The van der Waals surface area contributed by atoms with Gasteiger partial charge in [-0.2, -0.15) is 4.89 Å². The van der Waals surface area contributed by atoms with Crippen LogP contribution in [0.2, 0.25) is 0 Å². The van der Waals surface area contributed by atoms with Crippen LogP contribution in [0.1, 0.15) is 122 Å². The van der Waals surface area contributed by atoms with Gasteiger partial charge < -0.3 is 25.2 Å². The van der Waals surface area contributed by atoms with Gasteiger partial charge in [-0.05, 0) is 6.42 Å². The molecule has 0 bridgehead atoms. The quantitative estimate of drug-likeness (QED) is 0.0547. The predicted octanol–water partition coefficient (Wildman–Crippen LogP) is 4.22. The van der Waals surface area contributed by atoms with Gasteiger partial charge >= 0.3 is 17.9 Å². The van der Waals surface area contributed by atoms with Crippen LogP contribution in [0.3, 0.4) is 0 Å². The third kappa shape index (κ3) is 20.9. The van der Waals surface area contributed by atoms with Crippen LogP contribution < -0.4 is 0 Å². The molecule has 0 saturated carbocycles. The van der Waals surface area contributed by atoms with Crippen LogP contribution in [0.25, 0.3) is 0 Å². The lowest BCUT2D eigenvalue weighted by atomic mass is 9.96. The van der Waals surface area contributed by atoms with E-state index in [1.54, 1.807) is 0 Å². The molecular formula is C27H50O10. The summed E-state index contributed by atoms with van der Waals surface area (Å²) in [5.74, 6) is -3.93. The van der Waals surface area contributed by atoms with Gasteiger partial charge in [0.1, 0.15) is 12.7 Å². The van der Waals surface area contributed by atoms with E-state index in [-0.39, 0.29) is 6.61 Å². The maximum atomic E-state index is 12.3. The lowest BCUT2D eigenvalue weighted by Crippen LogP contribution is -2.44. The molecule has 0 heterocycles. The van der Waals surface area contributed by atoms with Crippen molar-refractivity contribution >= 4 is 17.9 Å². The molecule has 37 heavy (non-hydrogen) atoms. The zero-order valence-electron chi connectivity index (χ0n) is 22.7. The number of hydrogen-bond donors (Lipinski definition) is 4. The topological polar surface area (TPSA) is 160 Å². The second-order valence-electron chi connectivity index (χ2n) is 9.79. The number of carboxylic acids is 1. The molecule has 10 nitrogen and oxygen atoms in total. The van der Waals surface area contributed by atoms with Crippen molar-refractivity contribution in [3.63, 3.8) is 0 Å². The second-order valence-corrected chi connectivity index (χ2v) is 9.79. The first-order valence-electron chi connectivity index (χ1n) is 14.0. The molecule has 0 aromatic heterocycles. The first-order chi connectivity index (χ1) is 17.7. The number of aliphatic hydroxyl groups is 3. The number of aliphatic hydroxyl groups excluding tert-OH is 2. The smallest absolute Gasteiger partial charge is 0.345 e. The molecule has 0 aliphatic rings. The molecule has 0 fully saturated rings. The third-order valence-corrected chi connectivity index (χ3v) is 6.11. The van der Waals surface area contributed by atoms with E-state index in [4.69, 9.17) is 20.1 Å². The lowest BCUT2D eigenvalue weighted by Gasteiger charge is -2.23. The van der Waals surface area contributed by atoms with Crippen molar-refractivity contribution in [1.82, 2.24) is 0 Å². The Kier molecular flexibility index (Phi) is 22.3. The van der Waals surface area contributed by atoms with E-state index in [1.165, 1.54) is 77.0 Å². The van der Waals surface area contributed by atoms with Crippen LogP contribution in [-0.4, -0.2) is 69.9 Å². The second kappa shape index (κ2) is 23.4. The molecular weight excluding hydrogens is 484 g/mol. The molecule has 0 amide bonds. The Morgan fingerprint density at radius 3 is 1.65 bits per heavy atom. The van der Waals surface area contributed by atoms with E-state index in [0.717, 1.165) is 19.3 Å². The monoisotopic (exact) mass is 534 g/mol. The highest BCUT2D eigenvalue weighted by Crippen LogP contribution is 2.20. The Bertz CT molecular complexity index is 598. The highest BCUT2D eigenvalue weighted by atomic mass is 17.2. The van der Waals surface area contributed by atoms with Crippen LogP contribution in [0, 0.1) is 0 Å². The van der Waals surface area contributed by atoms with E-state index >= 15 is 0 Å². The molecule has 10 heteroatoms. The summed E-state index contributed by atoms with van der Waals surface area (Å²) in [5.41, 5.74) is -2.60. The van der Waals surface area contributed by atoms with E-state index in [9.17, 15) is 19.5 Å². The fourth-order valence-electron chi connectivity index (χ4n) is 3.91. The highest BCUT2D eigenvalue weighted by molar-refractivity contribution is 5.89. The standard InChI is InChI=1S/C27H50O10/c1-2-3-4-5-6-7-8-9-10-11-12-13-14-15-16-17-18-35-26(33)27(34,19-24(30)31)20-25(32)37-36-22-23(29)21-28/h23,28-29,34H,2-22H2,1H3,(H,30,31). The summed E-state index contributed by atoms with van der Waals surface area (Å²) in [5, 5.41) is 37.2. The molecule has 0 aromatic rings. The van der Waals surface area contributed by atoms with Gasteiger partial charge in [-0.15, -0.1) is 0 Å². The largest absolute Gasteiger partial charge is 0.481 e. The molecule has 2 atom stereocenters. The number of rotatable bonds is 26. The summed E-state index contributed by atoms with van der Waals surface area (Å²) in [6.45, 7) is 1.10. The number of hydrogen-bond acceptors (Lipinski definition) is 9. The van der Waals surface area contributed by atoms with Crippen LogP contribution in [0.5, 0.6) is 0 Å². The van der Waals surface area contributed by atoms with Gasteiger partial charge in [-0.25, -0.2) is 9.59 Å². The SMILES string of the molecule is CCCCCCCCCCCCCCCCCCOC(=O)C(O)(CC(=O)O)CC(=O)OOCC(O)CO. The van der Waals surface area contributed by atoms with Gasteiger partial charge in [0.25, 0.3) is 0 Å². The fourth-order valence-corrected chi connectivity index (χ4v) is 3.91. The summed E-state index contributed by atoms with van der Waals surface area (Å²) >= 11 is 0. The van der Waals surface area contributed by atoms with Gasteiger partial charge in [0.15, 0.2) is 5.60 Å². The molecule has 0 saturated heterocycles. The van der Waals surface area contributed by atoms with E-state index in [1.807, 2.05) is 0 Å². The third-order valence-electron chi connectivity index (χ3n) is 6.11. The number of unbranched alkanes of at least 4 members (excludes halogenated alkanes) is 15. The number of esters is 1. The number of carbonyl (C=O) groups excluding carboxylic acids is 2. The van der Waals surface area contributed by atoms with Crippen molar-refractivity contribution in [1.29, 1.82) is 0 Å². The summed E-state index contributed by atoms with van der Waals surface area (Å²) in [4.78, 5) is 43.8. The molecule has 218 valence electrons. The minimum Gasteiger partial charge on any atom is -0.481 e. The lowest BCUT2D eigenvalue weighted by molar-refractivity contribution is -0.285. The van der Waals surface area contributed by atoms with E-state index in [2.05, 4.69) is 16.7 Å². The fraction of sp³-hybridized carbons (Fsp3) is 0.889. The van der Waals surface area contributed by atoms with Crippen LogP contribution in [-0.2, 0) is 28.9 Å². The Labute approximate surface area is 221 Å². The summed E-state index contributed by atoms with van der Waals surface area (Å²) < 4.78 is 5.01. The van der Waals surface area contributed by atoms with Crippen molar-refractivity contribution in [2.45, 2.75) is 134 Å².